The van der Waals surface area contributed by atoms with Gasteiger partial charge in [0, 0.05) is 0 Å². The summed E-state index contributed by atoms with van der Waals surface area (Å²) in [6, 6.07) is 0. The van der Waals surface area contributed by atoms with Gasteiger partial charge in [0.05, 0.1) is 0 Å². The summed E-state index contributed by atoms with van der Waals surface area (Å²) in [6.45, 7) is 5.97. The first-order chi connectivity index (χ1) is 5.41. The van der Waals surface area contributed by atoms with E-state index in [1.807, 2.05) is 0 Å². The lowest BCUT2D eigenvalue weighted by Crippen LogP contribution is -1.79. The zero-order valence-electron chi connectivity index (χ0n) is 7.94. The van der Waals surface area contributed by atoms with Crippen molar-refractivity contribution < 1.29 is 0 Å². The fraction of sp³-hybridized carbons (Fsp3) is 0.818. The molecule has 0 amide bonds. The minimum Gasteiger partial charge on any atom is -0.343 e. The molecular formula is C11H22-2. The third-order valence-corrected chi connectivity index (χ3v) is 1.99. The van der Waals surface area contributed by atoms with Crippen LogP contribution in [0.2, 0.25) is 0 Å². The van der Waals surface area contributed by atoms with Crippen molar-refractivity contribution in [2.24, 2.45) is 0 Å². The summed E-state index contributed by atoms with van der Waals surface area (Å²) in [7, 11) is 0. The second-order valence-corrected chi connectivity index (χ2v) is 3.17. The summed E-state index contributed by atoms with van der Waals surface area (Å²) in [5.41, 5.74) is 0. The molecule has 0 aromatic rings. The predicted octanol–water partition coefficient (Wildman–Crippen LogP) is 4.17. The average Bonchev–Trinajstić information content (AvgIpc) is 2.03. The van der Waals surface area contributed by atoms with Gasteiger partial charge in [-0.3, -0.25) is 0 Å². The van der Waals surface area contributed by atoms with Crippen LogP contribution in [0.25, 0.3) is 0 Å². The van der Waals surface area contributed by atoms with Gasteiger partial charge in [-0.15, -0.1) is 0 Å². The van der Waals surface area contributed by atoms with E-state index in [0.29, 0.717) is 0 Å². The van der Waals surface area contributed by atoms with Gasteiger partial charge < -0.3 is 13.3 Å². The van der Waals surface area contributed by atoms with Crippen molar-refractivity contribution in [3.8, 4) is 0 Å². The molecule has 0 heteroatoms. The van der Waals surface area contributed by atoms with Gasteiger partial charge in [-0.2, -0.15) is 19.8 Å². The Balaban J connectivity index is 2.69. The minimum absolute atomic E-state index is 1.11. The molecule has 0 bridgehead atoms. The largest absolute Gasteiger partial charge is 0.343 e. The molecule has 0 aromatic carbocycles. The number of hydrogen-bond acceptors (Lipinski definition) is 0. The highest BCUT2D eigenvalue weighted by atomic mass is 13.9. The Hall–Kier alpha value is 0. The second kappa shape index (κ2) is 10.0. The molecule has 0 spiro atoms. The summed E-state index contributed by atoms with van der Waals surface area (Å²) in [6.07, 6.45) is 13.0. The van der Waals surface area contributed by atoms with Crippen molar-refractivity contribution in [3.05, 3.63) is 13.3 Å². The lowest BCUT2D eigenvalue weighted by molar-refractivity contribution is 0.595. The van der Waals surface area contributed by atoms with Gasteiger partial charge >= 0.3 is 0 Å². The van der Waals surface area contributed by atoms with Crippen molar-refractivity contribution in [3.63, 3.8) is 0 Å². The fourth-order valence-corrected chi connectivity index (χ4v) is 1.23. The highest BCUT2D eigenvalue weighted by Gasteiger charge is 1.85. The van der Waals surface area contributed by atoms with Crippen LogP contribution in [0.4, 0.5) is 0 Å². The molecule has 0 heterocycles. The molecule has 0 aliphatic carbocycles. The van der Waals surface area contributed by atoms with Gasteiger partial charge in [-0.1, -0.05) is 38.5 Å². The van der Waals surface area contributed by atoms with E-state index in [-0.39, 0.29) is 0 Å². The van der Waals surface area contributed by atoms with Gasteiger partial charge in [0.25, 0.3) is 0 Å². The Labute approximate surface area is 72.4 Å². The Morgan fingerprint density at radius 1 is 0.909 bits per heavy atom. The zero-order chi connectivity index (χ0) is 8.36. The maximum atomic E-state index is 3.83. The quantitative estimate of drug-likeness (QED) is 0.363. The molecule has 0 N–H and O–H groups in total. The molecule has 0 rings (SSSR count). The van der Waals surface area contributed by atoms with Crippen LogP contribution in [0.3, 0.4) is 0 Å². The van der Waals surface area contributed by atoms with E-state index in [1.54, 1.807) is 0 Å². The van der Waals surface area contributed by atoms with Crippen molar-refractivity contribution in [1.29, 1.82) is 0 Å². The molecule has 0 aliphatic rings. The Bertz CT molecular complexity index is 49.1. The third kappa shape index (κ3) is 10.0. The van der Waals surface area contributed by atoms with E-state index in [2.05, 4.69) is 20.3 Å². The van der Waals surface area contributed by atoms with Crippen LogP contribution in [-0.2, 0) is 0 Å². The molecule has 0 saturated carbocycles. The normalized spacial score (nSPS) is 10.4. The van der Waals surface area contributed by atoms with E-state index >= 15 is 0 Å². The summed E-state index contributed by atoms with van der Waals surface area (Å²) < 4.78 is 0. The molecular weight excluding hydrogens is 132 g/mol. The number of rotatable bonds is 8. The maximum absolute atomic E-state index is 3.83. The van der Waals surface area contributed by atoms with Gasteiger partial charge in [-0.25, -0.2) is 0 Å². The van der Waals surface area contributed by atoms with Gasteiger partial charge in [0.2, 0.25) is 0 Å². The molecule has 0 unspecified atom stereocenters. The van der Waals surface area contributed by atoms with Crippen LogP contribution in [-0.4, -0.2) is 0 Å². The van der Waals surface area contributed by atoms with Crippen LogP contribution < -0.4 is 0 Å². The van der Waals surface area contributed by atoms with Crippen molar-refractivity contribution in [2.75, 3.05) is 0 Å². The topological polar surface area (TPSA) is 0 Å². The second-order valence-electron chi connectivity index (χ2n) is 3.17. The molecule has 0 nitrogen and oxygen atoms in total. The van der Waals surface area contributed by atoms with Gasteiger partial charge in [0.15, 0.2) is 0 Å². The Morgan fingerprint density at radius 2 is 1.45 bits per heavy atom. The first-order valence-electron chi connectivity index (χ1n) is 4.99. The summed E-state index contributed by atoms with van der Waals surface area (Å²) in [4.78, 5) is 0. The van der Waals surface area contributed by atoms with Crippen molar-refractivity contribution in [1.82, 2.24) is 0 Å². The smallest absolute Gasteiger partial charge is 0.0534 e. The summed E-state index contributed by atoms with van der Waals surface area (Å²) >= 11 is 0. The first kappa shape index (κ1) is 11.0. The lowest BCUT2D eigenvalue weighted by Gasteiger charge is -2.04. The minimum atomic E-state index is 1.11. The van der Waals surface area contributed by atoms with Crippen molar-refractivity contribution >= 4 is 0 Å². The Kier molecular flexibility index (Phi) is 10.0. The SMILES string of the molecule is [CH2-]CCCCCCCC[CH-]C. The monoisotopic (exact) mass is 154 g/mol. The maximum Gasteiger partial charge on any atom is -0.0534 e. The van der Waals surface area contributed by atoms with Crippen LogP contribution in [0.5, 0.6) is 0 Å². The number of unbranched alkanes of at least 4 members (excludes halogenated alkanes) is 8. The fourth-order valence-electron chi connectivity index (χ4n) is 1.23. The lowest BCUT2D eigenvalue weighted by atomic mass is 10.1. The van der Waals surface area contributed by atoms with Crippen LogP contribution in [0.1, 0.15) is 58.3 Å². The van der Waals surface area contributed by atoms with E-state index in [4.69, 9.17) is 0 Å². The van der Waals surface area contributed by atoms with E-state index in [0.717, 1.165) is 6.42 Å². The predicted molar refractivity (Wildman–Crippen MR) is 52.3 cm³/mol. The van der Waals surface area contributed by atoms with E-state index in [1.165, 1.54) is 44.9 Å². The average molecular weight is 154 g/mol. The highest BCUT2D eigenvalue weighted by molar-refractivity contribution is 4.55. The van der Waals surface area contributed by atoms with E-state index < -0.39 is 0 Å². The first-order valence-corrected chi connectivity index (χ1v) is 4.99. The van der Waals surface area contributed by atoms with Gasteiger partial charge in [0.1, 0.15) is 0 Å². The molecule has 0 radical (unpaired) electrons. The third-order valence-electron chi connectivity index (χ3n) is 1.99. The van der Waals surface area contributed by atoms with Crippen LogP contribution >= 0.6 is 0 Å². The van der Waals surface area contributed by atoms with Crippen molar-refractivity contribution in [2.45, 2.75) is 58.3 Å². The zero-order valence-corrected chi connectivity index (χ0v) is 7.94. The number of hydrogen-bond donors (Lipinski definition) is 0. The molecule has 0 aromatic heterocycles. The van der Waals surface area contributed by atoms with E-state index in [9.17, 15) is 0 Å². The summed E-state index contributed by atoms with van der Waals surface area (Å²) in [5, 5.41) is 0. The summed E-state index contributed by atoms with van der Waals surface area (Å²) in [5.74, 6) is 0. The molecule has 0 saturated heterocycles. The molecule has 68 valence electrons. The molecule has 0 fully saturated rings. The van der Waals surface area contributed by atoms with Crippen LogP contribution in [0.15, 0.2) is 0 Å². The molecule has 0 atom stereocenters. The molecule has 11 heavy (non-hydrogen) atoms. The molecule has 0 aliphatic heterocycles. The van der Waals surface area contributed by atoms with Crippen LogP contribution in [0, 0.1) is 13.3 Å². The Morgan fingerprint density at radius 3 is 2.00 bits per heavy atom. The van der Waals surface area contributed by atoms with Gasteiger partial charge in [-0.05, 0) is 0 Å². The highest BCUT2D eigenvalue weighted by Crippen LogP contribution is 2.08. The standard InChI is InChI=1S/C11H22/c1-3-5-7-9-11-10-8-6-4-2/h4H,1,3,5-11H2,2H3/q-2.